The van der Waals surface area contributed by atoms with Gasteiger partial charge >= 0.3 is 0 Å². The van der Waals surface area contributed by atoms with Crippen molar-refractivity contribution in [2.45, 2.75) is 37.5 Å². The SMILES string of the molecule is CC1CCN(S(=O)(=O)c2ccc(NC(=O)C[C@@H]3CCS(=O)(=O)C3)cc2)CC1. The summed E-state index contributed by atoms with van der Waals surface area (Å²) in [6.07, 6.45) is 2.40. The molecule has 1 aromatic rings. The van der Waals surface area contributed by atoms with Gasteiger partial charge in [-0.2, -0.15) is 4.31 Å². The molecule has 150 valence electrons. The lowest BCUT2D eigenvalue weighted by molar-refractivity contribution is -0.116. The van der Waals surface area contributed by atoms with Crippen LogP contribution in [-0.4, -0.2) is 51.6 Å². The lowest BCUT2D eigenvalue weighted by Crippen LogP contribution is -2.37. The molecule has 0 unspecified atom stereocenters. The van der Waals surface area contributed by atoms with E-state index in [1.54, 1.807) is 12.1 Å². The predicted molar refractivity (Wildman–Crippen MR) is 104 cm³/mol. The number of hydrogen-bond donors (Lipinski definition) is 1. The van der Waals surface area contributed by atoms with Gasteiger partial charge in [-0.15, -0.1) is 0 Å². The van der Waals surface area contributed by atoms with Crippen LogP contribution in [0.5, 0.6) is 0 Å². The molecule has 2 saturated heterocycles. The molecular formula is C18H26N2O5S2. The number of rotatable bonds is 5. The van der Waals surface area contributed by atoms with Crippen molar-refractivity contribution in [3.63, 3.8) is 0 Å². The van der Waals surface area contributed by atoms with E-state index in [1.165, 1.54) is 16.4 Å². The van der Waals surface area contributed by atoms with Gasteiger partial charge in [-0.1, -0.05) is 6.92 Å². The van der Waals surface area contributed by atoms with Crippen molar-refractivity contribution >= 4 is 31.5 Å². The zero-order chi connectivity index (χ0) is 19.7. The highest BCUT2D eigenvalue weighted by atomic mass is 32.2. The average molecular weight is 415 g/mol. The van der Waals surface area contributed by atoms with Gasteiger partial charge in [0.2, 0.25) is 15.9 Å². The van der Waals surface area contributed by atoms with E-state index in [4.69, 9.17) is 0 Å². The lowest BCUT2D eigenvalue weighted by atomic mass is 10.0. The first-order chi connectivity index (χ1) is 12.7. The summed E-state index contributed by atoms with van der Waals surface area (Å²) in [4.78, 5) is 12.3. The van der Waals surface area contributed by atoms with Gasteiger partial charge in [-0.05, 0) is 55.4 Å². The summed E-state index contributed by atoms with van der Waals surface area (Å²) in [5.74, 6) is 0.358. The monoisotopic (exact) mass is 414 g/mol. The Balaban J connectivity index is 1.59. The van der Waals surface area contributed by atoms with E-state index in [-0.39, 0.29) is 34.6 Å². The number of piperidine rings is 1. The van der Waals surface area contributed by atoms with Crippen LogP contribution in [-0.2, 0) is 24.7 Å². The van der Waals surface area contributed by atoms with Gasteiger partial charge < -0.3 is 5.32 Å². The molecule has 0 aliphatic carbocycles. The summed E-state index contributed by atoms with van der Waals surface area (Å²) < 4.78 is 49.9. The fourth-order valence-corrected chi connectivity index (χ4v) is 6.92. The highest BCUT2D eigenvalue weighted by Crippen LogP contribution is 2.25. The highest BCUT2D eigenvalue weighted by Gasteiger charge is 2.30. The van der Waals surface area contributed by atoms with Crippen LogP contribution in [0.3, 0.4) is 0 Å². The molecular weight excluding hydrogens is 388 g/mol. The summed E-state index contributed by atoms with van der Waals surface area (Å²) in [5.41, 5.74) is 0.507. The maximum Gasteiger partial charge on any atom is 0.243 e. The van der Waals surface area contributed by atoms with Gasteiger partial charge in [0.05, 0.1) is 16.4 Å². The van der Waals surface area contributed by atoms with Gasteiger partial charge in [-0.3, -0.25) is 4.79 Å². The molecule has 1 aromatic carbocycles. The van der Waals surface area contributed by atoms with Gasteiger partial charge in [-0.25, -0.2) is 16.8 Å². The molecule has 0 radical (unpaired) electrons. The van der Waals surface area contributed by atoms with Gasteiger partial charge in [0.1, 0.15) is 0 Å². The fourth-order valence-electron chi connectivity index (χ4n) is 3.59. The quantitative estimate of drug-likeness (QED) is 0.793. The first-order valence-electron chi connectivity index (χ1n) is 9.26. The molecule has 1 amide bonds. The van der Waals surface area contributed by atoms with E-state index >= 15 is 0 Å². The van der Waals surface area contributed by atoms with E-state index in [2.05, 4.69) is 12.2 Å². The van der Waals surface area contributed by atoms with Gasteiger partial charge in [0.15, 0.2) is 9.84 Å². The Morgan fingerprint density at radius 1 is 1.15 bits per heavy atom. The van der Waals surface area contributed by atoms with E-state index < -0.39 is 19.9 Å². The Hall–Kier alpha value is -1.45. The fraction of sp³-hybridized carbons (Fsp3) is 0.611. The molecule has 27 heavy (non-hydrogen) atoms. The third-order valence-electron chi connectivity index (χ3n) is 5.32. The summed E-state index contributed by atoms with van der Waals surface area (Å²) >= 11 is 0. The standard InChI is InChI=1S/C18H26N2O5S2/c1-14-6-9-20(10-7-14)27(24,25)17-4-2-16(3-5-17)19-18(21)12-15-8-11-26(22,23)13-15/h2-5,14-15H,6-13H2,1H3,(H,19,21)/t15-/m0/s1. The number of benzene rings is 1. The number of hydrogen-bond acceptors (Lipinski definition) is 5. The van der Waals surface area contributed by atoms with Crippen molar-refractivity contribution in [3.05, 3.63) is 24.3 Å². The smallest absolute Gasteiger partial charge is 0.243 e. The molecule has 2 heterocycles. The summed E-state index contributed by atoms with van der Waals surface area (Å²) in [5, 5.41) is 2.72. The number of carbonyl (C=O) groups excluding carboxylic acids is 1. The van der Waals surface area contributed by atoms with Crippen molar-refractivity contribution in [1.29, 1.82) is 0 Å². The maximum atomic E-state index is 12.7. The molecule has 0 bridgehead atoms. The normalized spacial score (nSPS) is 24.0. The third kappa shape index (κ3) is 5.08. The topological polar surface area (TPSA) is 101 Å². The van der Waals surface area contributed by atoms with E-state index in [0.29, 0.717) is 31.1 Å². The first kappa shape index (κ1) is 20.3. The molecule has 0 saturated carbocycles. The van der Waals surface area contributed by atoms with Crippen LogP contribution in [0.15, 0.2) is 29.2 Å². The average Bonchev–Trinajstić information content (AvgIpc) is 2.94. The second kappa shape index (κ2) is 7.89. The molecule has 7 nitrogen and oxygen atoms in total. The first-order valence-corrected chi connectivity index (χ1v) is 12.5. The van der Waals surface area contributed by atoms with Crippen molar-refractivity contribution in [2.75, 3.05) is 29.9 Å². The molecule has 2 fully saturated rings. The molecule has 2 aliphatic heterocycles. The number of carbonyl (C=O) groups is 1. The lowest BCUT2D eigenvalue weighted by Gasteiger charge is -2.29. The highest BCUT2D eigenvalue weighted by molar-refractivity contribution is 7.91. The van der Waals surface area contributed by atoms with Gasteiger partial charge in [0, 0.05) is 25.2 Å². The van der Waals surface area contributed by atoms with Crippen LogP contribution in [0.4, 0.5) is 5.69 Å². The van der Waals surface area contributed by atoms with E-state index in [9.17, 15) is 21.6 Å². The minimum atomic E-state index is -3.51. The molecule has 1 atom stereocenters. The van der Waals surface area contributed by atoms with Crippen molar-refractivity contribution in [2.24, 2.45) is 11.8 Å². The molecule has 2 aliphatic rings. The molecule has 0 aromatic heterocycles. The molecule has 1 N–H and O–H groups in total. The van der Waals surface area contributed by atoms with Crippen molar-refractivity contribution in [1.82, 2.24) is 4.31 Å². The molecule has 9 heteroatoms. The number of nitrogens with zero attached hydrogens (tertiary/aromatic N) is 1. The summed E-state index contributed by atoms with van der Waals surface area (Å²) in [6, 6.07) is 6.15. The van der Waals surface area contributed by atoms with E-state index in [0.717, 1.165) is 12.8 Å². The molecule has 3 rings (SSSR count). The van der Waals surface area contributed by atoms with Crippen LogP contribution in [0.1, 0.15) is 32.6 Å². The predicted octanol–water partition coefficient (Wildman–Crippen LogP) is 1.87. The summed E-state index contributed by atoms with van der Waals surface area (Å²) in [7, 11) is -6.51. The Morgan fingerprint density at radius 2 is 1.78 bits per heavy atom. The second-order valence-corrected chi connectivity index (χ2v) is 11.8. The Kier molecular flexibility index (Phi) is 5.93. The zero-order valence-corrected chi connectivity index (χ0v) is 17.1. The van der Waals surface area contributed by atoms with Crippen LogP contribution in [0.2, 0.25) is 0 Å². The van der Waals surface area contributed by atoms with Crippen LogP contribution in [0.25, 0.3) is 0 Å². The minimum Gasteiger partial charge on any atom is -0.326 e. The molecule has 0 spiro atoms. The zero-order valence-electron chi connectivity index (χ0n) is 15.4. The van der Waals surface area contributed by atoms with Crippen LogP contribution < -0.4 is 5.32 Å². The Bertz CT molecular complexity index is 886. The largest absolute Gasteiger partial charge is 0.326 e. The number of nitrogens with one attached hydrogen (secondary N) is 1. The Labute approximate surface area is 161 Å². The van der Waals surface area contributed by atoms with Crippen LogP contribution in [0, 0.1) is 11.8 Å². The summed E-state index contributed by atoms with van der Waals surface area (Å²) in [6.45, 7) is 3.20. The number of anilines is 1. The van der Waals surface area contributed by atoms with Gasteiger partial charge in [0.25, 0.3) is 0 Å². The van der Waals surface area contributed by atoms with E-state index in [1.807, 2.05) is 0 Å². The number of sulfone groups is 1. The van der Waals surface area contributed by atoms with Crippen molar-refractivity contribution in [3.8, 4) is 0 Å². The second-order valence-electron chi connectivity index (χ2n) is 7.63. The third-order valence-corrected chi connectivity index (χ3v) is 9.07. The van der Waals surface area contributed by atoms with Crippen molar-refractivity contribution < 1.29 is 21.6 Å². The Morgan fingerprint density at radius 3 is 2.33 bits per heavy atom. The maximum absolute atomic E-state index is 12.7. The number of amides is 1. The number of sulfonamides is 1. The van der Waals surface area contributed by atoms with Crippen LogP contribution >= 0.6 is 0 Å². The minimum absolute atomic E-state index is 0.0616.